The van der Waals surface area contributed by atoms with Crippen molar-refractivity contribution in [2.75, 3.05) is 12.4 Å². The number of aromatic amines is 1. The van der Waals surface area contributed by atoms with Gasteiger partial charge in [0.15, 0.2) is 0 Å². The van der Waals surface area contributed by atoms with Crippen LogP contribution in [0.5, 0.6) is 0 Å². The van der Waals surface area contributed by atoms with Gasteiger partial charge in [0.25, 0.3) is 5.91 Å². The summed E-state index contributed by atoms with van der Waals surface area (Å²) >= 11 is 0. The maximum atomic E-state index is 13.2. The topological polar surface area (TPSA) is 89.0 Å². The SMILES string of the molecule is CCc1[nH]c(C(=O)Nc2cc(C)nn2-c2ccc(F)cc2)c(C)c1C(=O)OC. The summed E-state index contributed by atoms with van der Waals surface area (Å²) in [5.74, 6) is -0.828. The molecule has 8 heteroatoms. The lowest BCUT2D eigenvalue weighted by Gasteiger charge is -2.09. The van der Waals surface area contributed by atoms with Crippen LogP contribution in [0.4, 0.5) is 10.2 Å². The predicted molar refractivity (Wildman–Crippen MR) is 102 cm³/mol. The molecule has 28 heavy (non-hydrogen) atoms. The Hall–Kier alpha value is -3.42. The van der Waals surface area contributed by atoms with Crippen LogP contribution in [0.2, 0.25) is 0 Å². The molecule has 0 unspecified atom stereocenters. The molecule has 0 atom stereocenters. The number of esters is 1. The first-order valence-electron chi connectivity index (χ1n) is 8.79. The van der Waals surface area contributed by atoms with E-state index >= 15 is 0 Å². The number of carbonyl (C=O) groups excluding carboxylic acids is 2. The third-order valence-electron chi connectivity index (χ3n) is 4.44. The Morgan fingerprint density at radius 1 is 1.25 bits per heavy atom. The molecule has 3 rings (SSSR count). The van der Waals surface area contributed by atoms with Crippen molar-refractivity contribution in [2.45, 2.75) is 27.2 Å². The van der Waals surface area contributed by atoms with Crippen LogP contribution >= 0.6 is 0 Å². The van der Waals surface area contributed by atoms with Crippen molar-refractivity contribution in [3.8, 4) is 5.69 Å². The van der Waals surface area contributed by atoms with Gasteiger partial charge in [-0.05, 0) is 50.1 Å². The number of nitrogens with one attached hydrogen (secondary N) is 2. The molecule has 0 aliphatic heterocycles. The second-order valence-electron chi connectivity index (χ2n) is 6.34. The van der Waals surface area contributed by atoms with Gasteiger partial charge in [0.1, 0.15) is 17.3 Å². The quantitative estimate of drug-likeness (QED) is 0.659. The van der Waals surface area contributed by atoms with Gasteiger partial charge in [-0.3, -0.25) is 4.79 Å². The molecule has 146 valence electrons. The number of anilines is 1. The van der Waals surface area contributed by atoms with Gasteiger partial charge in [0, 0.05) is 11.8 Å². The zero-order chi connectivity index (χ0) is 20.4. The van der Waals surface area contributed by atoms with Crippen molar-refractivity contribution in [1.82, 2.24) is 14.8 Å². The van der Waals surface area contributed by atoms with Crippen molar-refractivity contribution in [2.24, 2.45) is 0 Å². The number of methoxy groups -OCH3 is 1. The molecule has 0 bridgehead atoms. The van der Waals surface area contributed by atoms with E-state index in [-0.39, 0.29) is 11.5 Å². The highest BCUT2D eigenvalue weighted by atomic mass is 19.1. The van der Waals surface area contributed by atoms with E-state index in [1.54, 1.807) is 32.0 Å². The lowest BCUT2D eigenvalue weighted by molar-refractivity contribution is 0.0599. The summed E-state index contributed by atoms with van der Waals surface area (Å²) in [7, 11) is 1.30. The third-order valence-corrected chi connectivity index (χ3v) is 4.44. The number of H-pyrrole nitrogens is 1. The number of aromatic nitrogens is 3. The zero-order valence-corrected chi connectivity index (χ0v) is 16.1. The molecular formula is C20H21FN4O3. The number of halogens is 1. The van der Waals surface area contributed by atoms with Crippen LogP contribution in [-0.2, 0) is 11.2 Å². The highest BCUT2D eigenvalue weighted by molar-refractivity contribution is 6.06. The number of nitrogens with zero attached hydrogens (tertiary/aromatic N) is 2. The molecule has 2 N–H and O–H groups in total. The fourth-order valence-corrected chi connectivity index (χ4v) is 3.08. The Bertz CT molecular complexity index is 1030. The number of rotatable bonds is 5. The van der Waals surface area contributed by atoms with Crippen molar-refractivity contribution in [3.63, 3.8) is 0 Å². The van der Waals surface area contributed by atoms with Crippen LogP contribution in [0.25, 0.3) is 5.69 Å². The lowest BCUT2D eigenvalue weighted by atomic mass is 10.1. The summed E-state index contributed by atoms with van der Waals surface area (Å²) in [5.41, 5.74) is 3.11. The number of aryl methyl sites for hydroxylation is 2. The zero-order valence-electron chi connectivity index (χ0n) is 16.1. The fourth-order valence-electron chi connectivity index (χ4n) is 3.08. The molecular weight excluding hydrogens is 363 g/mol. The van der Waals surface area contributed by atoms with Gasteiger partial charge < -0.3 is 15.0 Å². The van der Waals surface area contributed by atoms with E-state index in [0.29, 0.717) is 40.4 Å². The average molecular weight is 384 g/mol. The summed E-state index contributed by atoms with van der Waals surface area (Å²) in [5, 5.41) is 7.16. The van der Waals surface area contributed by atoms with Gasteiger partial charge in [-0.25, -0.2) is 13.9 Å². The van der Waals surface area contributed by atoms with Crippen LogP contribution in [0.1, 0.15) is 44.7 Å². The number of ether oxygens (including phenoxy) is 1. The highest BCUT2D eigenvalue weighted by Gasteiger charge is 2.24. The van der Waals surface area contributed by atoms with E-state index in [2.05, 4.69) is 15.4 Å². The highest BCUT2D eigenvalue weighted by Crippen LogP contribution is 2.23. The van der Waals surface area contributed by atoms with E-state index in [0.717, 1.165) is 0 Å². The molecule has 2 aromatic heterocycles. The van der Waals surface area contributed by atoms with Crippen molar-refractivity contribution in [3.05, 3.63) is 64.4 Å². The molecule has 1 aromatic carbocycles. The van der Waals surface area contributed by atoms with Gasteiger partial charge in [-0.2, -0.15) is 5.10 Å². The average Bonchev–Trinajstić information content (AvgIpc) is 3.21. The van der Waals surface area contributed by atoms with Gasteiger partial charge in [-0.1, -0.05) is 6.92 Å². The van der Waals surface area contributed by atoms with Crippen molar-refractivity contribution in [1.29, 1.82) is 0 Å². The first-order chi connectivity index (χ1) is 13.3. The van der Waals surface area contributed by atoms with Crippen molar-refractivity contribution < 1.29 is 18.7 Å². The molecule has 0 aliphatic rings. The molecule has 0 saturated heterocycles. The van der Waals surface area contributed by atoms with E-state index < -0.39 is 11.9 Å². The molecule has 0 saturated carbocycles. The Kier molecular flexibility index (Phi) is 5.30. The maximum Gasteiger partial charge on any atom is 0.339 e. The van der Waals surface area contributed by atoms with E-state index in [4.69, 9.17) is 4.74 Å². The van der Waals surface area contributed by atoms with Crippen LogP contribution < -0.4 is 5.32 Å². The van der Waals surface area contributed by atoms with E-state index in [1.807, 2.05) is 6.92 Å². The Morgan fingerprint density at radius 3 is 2.54 bits per heavy atom. The van der Waals surface area contributed by atoms with Gasteiger partial charge in [0.2, 0.25) is 0 Å². The molecule has 0 fully saturated rings. The fraction of sp³-hybridized carbons (Fsp3) is 0.250. The molecule has 0 aliphatic carbocycles. The van der Waals surface area contributed by atoms with Gasteiger partial charge in [-0.15, -0.1) is 0 Å². The first kappa shape index (κ1) is 19.3. The van der Waals surface area contributed by atoms with E-state index in [1.165, 1.54) is 23.9 Å². The standard InChI is InChI=1S/C20H21FN4O3/c1-5-15-17(20(27)28-4)12(3)18(22-15)19(26)23-16-10-11(2)24-25(16)14-8-6-13(21)7-9-14/h6-10,22H,5H2,1-4H3,(H,23,26). The Labute approximate surface area is 161 Å². The molecule has 2 heterocycles. The molecule has 7 nitrogen and oxygen atoms in total. The summed E-state index contributed by atoms with van der Waals surface area (Å²) in [4.78, 5) is 28.0. The van der Waals surface area contributed by atoms with Gasteiger partial charge >= 0.3 is 5.97 Å². The van der Waals surface area contributed by atoms with Crippen LogP contribution in [0, 0.1) is 19.7 Å². The molecule has 0 spiro atoms. The Morgan fingerprint density at radius 2 is 1.93 bits per heavy atom. The second-order valence-corrected chi connectivity index (χ2v) is 6.34. The monoisotopic (exact) mass is 384 g/mol. The normalized spacial score (nSPS) is 10.8. The van der Waals surface area contributed by atoms with Gasteiger partial charge in [0.05, 0.1) is 24.1 Å². The van der Waals surface area contributed by atoms with Crippen LogP contribution in [-0.4, -0.2) is 33.8 Å². The number of benzene rings is 1. The summed E-state index contributed by atoms with van der Waals surface area (Å²) in [6, 6.07) is 7.50. The largest absolute Gasteiger partial charge is 0.465 e. The summed E-state index contributed by atoms with van der Waals surface area (Å²) in [6.45, 7) is 5.37. The summed E-state index contributed by atoms with van der Waals surface area (Å²) < 4.78 is 19.6. The predicted octanol–water partition coefficient (Wildman–Crippen LogP) is 3.56. The third kappa shape index (κ3) is 3.53. The van der Waals surface area contributed by atoms with E-state index in [9.17, 15) is 14.0 Å². The number of carbonyl (C=O) groups is 2. The molecule has 3 aromatic rings. The number of hydrogen-bond donors (Lipinski definition) is 2. The summed E-state index contributed by atoms with van der Waals surface area (Å²) in [6.07, 6.45) is 0.547. The number of amides is 1. The molecule has 1 amide bonds. The van der Waals surface area contributed by atoms with Crippen molar-refractivity contribution >= 4 is 17.7 Å². The number of hydrogen-bond acceptors (Lipinski definition) is 4. The second kappa shape index (κ2) is 7.67. The van der Waals surface area contributed by atoms with Crippen LogP contribution in [0.3, 0.4) is 0 Å². The maximum absolute atomic E-state index is 13.2. The van der Waals surface area contributed by atoms with Crippen LogP contribution in [0.15, 0.2) is 30.3 Å². The lowest BCUT2D eigenvalue weighted by Crippen LogP contribution is -2.17. The Balaban J connectivity index is 1.96. The minimum atomic E-state index is -0.489. The minimum absolute atomic E-state index is 0.279. The first-order valence-corrected chi connectivity index (χ1v) is 8.79. The molecule has 0 radical (unpaired) electrons. The minimum Gasteiger partial charge on any atom is -0.465 e. The smallest absolute Gasteiger partial charge is 0.339 e.